The molecule has 1 unspecified atom stereocenters. The van der Waals surface area contributed by atoms with E-state index in [1.165, 1.54) is 17.6 Å². The van der Waals surface area contributed by atoms with Gasteiger partial charge in [0.15, 0.2) is 9.84 Å². The van der Waals surface area contributed by atoms with Crippen molar-refractivity contribution in [3.8, 4) is 0 Å². The van der Waals surface area contributed by atoms with Crippen molar-refractivity contribution in [2.45, 2.75) is 32.6 Å². The fraction of sp³-hybridized carbons (Fsp3) is 0.727. The molecule has 1 aromatic heterocycles. The van der Waals surface area contributed by atoms with Gasteiger partial charge in [-0.05, 0) is 19.4 Å². The molecule has 0 saturated carbocycles. The number of aromatic nitrogens is 1. The van der Waals surface area contributed by atoms with Crippen molar-refractivity contribution in [1.29, 1.82) is 0 Å². The second-order valence-corrected chi connectivity index (χ2v) is 7.93. The smallest absolute Gasteiger partial charge is 0.156 e. The lowest BCUT2D eigenvalue weighted by Crippen LogP contribution is -2.19. The van der Waals surface area contributed by atoms with Gasteiger partial charge in [0, 0.05) is 18.2 Å². The Morgan fingerprint density at radius 2 is 2.06 bits per heavy atom. The average Bonchev–Trinajstić information content (AvgIpc) is 2.63. The highest BCUT2D eigenvalue weighted by atomic mass is 32.2. The Morgan fingerprint density at radius 1 is 1.41 bits per heavy atom. The molecule has 0 radical (unpaired) electrons. The molecule has 0 aromatic carbocycles. The van der Waals surface area contributed by atoms with Gasteiger partial charge in [-0.25, -0.2) is 13.4 Å². The number of thiazole rings is 1. The highest BCUT2D eigenvalue weighted by Crippen LogP contribution is 2.24. The van der Waals surface area contributed by atoms with Crippen molar-refractivity contribution in [2.75, 3.05) is 12.8 Å². The fourth-order valence-electron chi connectivity index (χ4n) is 1.26. The summed E-state index contributed by atoms with van der Waals surface area (Å²) in [5, 5.41) is 5.37. The number of hydrogen-bond donors (Lipinski definition) is 1. The Hall–Kier alpha value is -0.460. The van der Waals surface area contributed by atoms with Gasteiger partial charge in [-0.15, -0.1) is 11.3 Å². The Labute approximate surface area is 107 Å². The van der Waals surface area contributed by atoms with E-state index in [-0.39, 0.29) is 0 Å². The van der Waals surface area contributed by atoms with Gasteiger partial charge in [0.2, 0.25) is 0 Å². The lowest BCUT2D eigenvalue weighted by atomic mass is 10.2. The Morgan fingerprint density at radius 3 is 2.59 bits per heavy atom. The van der Waals surface area contributed by atoms with E-state index in [9.17, 15) is 8.42 Å². The maximum Gasteiger partial charge on any atom is 0.156 e. The molecule has 0 aliphatic heterocycles. The molecule has 1 atom stereocenters. The molecule has 0 aliphatic carbocycles. The second kappa shape index (κ2) is 5.93. The molecule has 0 fully saturated rings. The van der Waals surface area contributed by atoms with Crippen LogP contribution in [0, 0.1) is 5.92 Å². The molecule has 0 bridgehead atoms. The molecule has 1 rings (SSSR count). The first kappa shape index (κ1) is 14.6. The third-order valence-corrected chi connectivity index (χ3v) is 5.15. The first-order valence-electron chi connectivity index (χ1n) is 5.64. The zero-order valence-corrected chi connectivity index (χ0v) is 12.4. The Bertz CT molecular complexity index is 452. The van der Waals surface area contributed by atoms with Crippen LogP contribution < -0.4 is 5.32 Å². The van der Waals surface area contributed by atoms with Crippen LogP contribution in [0.15, 0.2) is 5.38 Å². The normalized spacial score (nSPS) is 14.2. The van der Waals surface area contributed by atoms with Crippen molar-refractivity contribution in [2.24, 2.45) is 5.92 Å². The molecule has 4 nitrogen and oxygen atoms in total. The average molecular weight is 276 g/mol. The van der Waals surface area contributed by atoms with Gasteiger partial charge in [-0.2, -0.15) is 0 Å². The van der Waals surface area contributed by atoms with Crippen molar-refractivity contribution < 1.29 is 8.42 Å². The summed E-state index contributed by atoms with van der Waals surface area (Å²) < 4.78 is 22.8. The molecule has 17 heavy (non-hydrogen) atoms. The van der Waals surface area contributed by atoms with Crippen LogP contribution in [0.25, 0.3) is 0 Å². The van der Waals surface area contributed by atoms with E-state index in [0.717, 1.165) is 12.2 Å². The molecule has 0 saturated heterocycles. The largest absolute Gasteiger partial charge is 0.311 e. The standard InChI is InChI=1S/C11H20N2O2S2/c1-8(2)5-12-6-10-7-16-11(13-10)9(3)17(4,14)15/h7-9,12H,5-6H2,1-4H3. The SMILES string of the molecule is CC(C)CNCc1csc(C(C)S(C)(=O)=O)n1. The summed E-state index contributed by atoms with van der Waals surface area (Å²) in [6.45, 7) is 7.61. The predicted molar refractivity (Wildman–Crippen MR) is 71.9 cm³/mol. The van der Waals surface area contributed by atoms with Gasteiger partial charge < -0.3 is 5.32 Å². The molecular weight excluding hydrogens is 256 g/mol. The van der Waals surface area contributed by atoms with E-state index < -0.39 is 15.1 Å². The van der Waals surface area contributed by atoms with Crippen LogP contribution in [0.2, 0.25) is 0 Å². The molecule has 0 spiro atoms. The minimum absolute atomic E-state index is 0.508. The first-order valence-corrected chi connectivity index (χ1v) is 8.48. The Balaban J connectivity index is 2.60. The van der Waals surface area contributed by atoms with Crippen LogP contribution in [-0.2, 0) is 16.4 Å². The van der Waals surface area contributed by atoms with Crippen LogP contribution in [0.3, 0.4) is 0 Å². The van der Waals surface area contributed by atoms with Crippen molar-refractivity contribution in [3.05, 3.63) is 16.1 Å². The summed E-state index contributed by atoms with van der Waals surface area (Å²) in [5.74, 6) is 0.600. The Kier molecular flexibility index (Phi) is 5.09. The zero-order chi connectivity index (χ0) is 13.1. The summed E-state index contributed by atoms with van der Waals surface area (Å²) in [6.07, 6.45) is 1.25. The predicted octanol–water partition coefficient (Wildman–Crippen LogP) is 1.99. The minimum atomic E-state index is -3.05. The van der Waals surface area contributed by atoms with E-state index in [1.807, 2.05) is 5.38 Å². The maximum absolute atomic E-state index is 11.4. The molecule has 6 heteroatoms. The number of sulfone groups is 1. The highest BCUT2D eigenvalue weighted by molar-refractivity contribution is 7.91. The van der Waals surface area contributed by atoms with Crippen molar-refractivity contribution >= 4 is 21.2 Å². The third-order valence-electron chi connectivity index (χ3n) is 2.42. The van der Waals surface area contributed by atoms with Crippen LogP contribution in [0.4, 0.5) is 0 Å². The molecule has 1 heterocycles. The number of nitrogens with zero attached hydrogens (tertiary/aromatic N) is 1. The van der Waals surface area contributed by atoms with Crippen LogP contribution >= 0.6 is 11.3 Å². The van der Waals surface area contributed by atoms with Crippen molar-refractivity contribution in [1.82, 2.24) is 10.3 Å². The van der Waals surface area contributed by atoms with Gasteiger partial charge >= 0.3 is 0 Å². The van der Waals surface area contributed by atoms with E-state index in [0.29, 0.717) is 17.5 Å². The molecule has 0 aliphatic rings. The van der Waals surface area contributed by atoms with Crippen molar-refractivity contribution in [3.63, 3.8) is 0 Å². The number of hydrogen-bond acceptors (Lipinski definition) is 5. The van der Waals surface area contributed by atoms with Crippen LogP contribution in [0.1, 0.15) is 36.7 Å². The molecule has 0 amide bonds. The quantitative estimate of drug-likeness (QED) is 0.863. The van der Waals surface area contributed by atoms with Gasteiger partial charge in [0.25, 0.3) is 0 Å². The lowest BCUT2D eigenvalue weighted by Gasteiger charge is -2.06. The minimum Gasteiger partial charge on any atom is -0.311 e. The summed E-state index contributed by atoms with van der Waals surface area (Å²) >= 11 is 1.41. The van der Waals surface area contributed by atoms with Crippen LogP contribution in [0.5, 0.6) is 0 Å². The zero-order valence-electron chi connectivity index (χ0n) is 10.7. The summed E-state index contributed by atoms with van der Waals surface area (Å²) in [4.78, 5) is 4.35. The monoisotopic (exact) mass is 276 g/mol. The molecule has 1 aromatic rings. The number of rotatable bonds is 6. The van der Waals surface area contributed by atoms with Gasteiger partial charge in [-0.3, -0.25) is 0 Å². The first-order chi connectivity index (χ1) is 7.80. The summed E-state index contributed by atoms with van der Waals surface area (Å²) in [6, 6.07) is 0. The van der Waals surface area contributed by atoms with Gasteiger partial charge in [0.1, 0.15) is 10.3 Å². The van der Waals surface area contributed by atoms with E-state index in [1.54, 1.807) is 6.92 Å². The summed E-state index contributed by atoms with van der Waals surface area (Å²) in [7, 11) is -3.05. The van der Waals surface area contributed by atoms with E-state index in [4.69, 9.17) is 0 Å². The van der Waals surface area contributed by atoms with Crippen LogP contribution in [-0.4, -0.2) is 26.2 Å². The third kappa shape index (κ3) is 4.73. The van der Waals surface area contributed by atoms with Gasteiger partial charge in [-0.1, -0.05) is 13.8 Å². The highest BCUT2D eigenvalue weighted by Gasteiger charge is 2.20. The second-order valence-electron chi connectivity index (χ2n) is 4.67. The summed E-state index contributed by atoms with van der Waals surface area (Å²) in [5.41, 5.74) is 0.918. The number of nitrogens with one attached hydrogen (secondary N) is 1. The van der Waals surface area contributed by atoms with E-state index >= 15 is 0 Å². The van der Waals surface area contributed by atoms with Gasteiger partial charge in [0.05, 0.1) is 5.69 Å². The fourth-order valence-corrected chi connectivity index (χ4v) is 3.13. The molecule has 1 N–H and O–H groups in total. The molecule has 98 valence electrons. The van der Waals surface area contributed by atoms with E-state index in [2.05, 4.69) is 24.1 Å². The lowest BCUT2D eigenvalue weighted by molar-refractivity contribution is 0.548. The molecular formula is C11H20N2O2S2. The topological polar surface area (TPSA) is 59.1 Å². The maximum atomic E-state index is 11.4.